The minimum absolute atomic E-state index is 0.173. The van der Waals surface area contributed by atoms with Crippen LogP contribution in [0, 0.1) is 6.92 Å². The number of hydrogen-bond donors (Lipinski definition) is 0. The van der Waals surface area contributed by atoms with E-state index >= 15 is 0 Å². The molecule has 31 heavy (non-hydrogen) atoms. The average molecular weight is 436 g/mol. The Morgan fingerprint density at radius 2 is 1.87 bits per heavy atom. The summed E-state index contributed by atoms with van der Waals surface area (Å²) in [5.74, 6) is 1.05. The standard InChI is InChI=1S/C21H21N7O2S/c1-15-5-4-6-16(13-15)28-20(26-9-11-30-12-10-26)23-24-21(28)31-14-27-19(29)17-7-2-3-8-18(17)22-25-27/h2-8,13H,9-12,14H2,1H3. The smallest absolute Gasteiger partial charge is 0.278 e. The van der Waals surface area contributed by atoms with Crippen molar-refractivity contribution in [3.63, 3.8) is 0 Å². The van der Waals surface area contributed by atoms with E-state index < -0.39 is 0 Å². The third-order valence-electron chi connectivity index (χ3n) is 5.12. The number of aryl methyl sites for hydroxylation is 1. The molecule has 1 fully saturated rings. The summed E-state index contributed by atoms with van der Waals surface area (Å²) in [4.78, 5) is 15.0. The number of benzene rings is 2. The van der Waals surface area contributed by atoms with Gasteiger partial charge in [-0.25, -0.2) is 0 Å². The van der Waals surface area contributed by atoms with Crippen LogP contribution in [-0.4, -0.2) is 56.1 Å². The molecule has 1 aliphatic heterocycles. The van der Waals surface area contributed by atoms with Gasteiger partial charge in [0.15, 0.2) is 5.16 Å². The second-order valence-electron chi connectivity index (χ2n) is 7.24. The maximum Gasteiger partial charge on any atom is 0.278 e. The zero-order valence-electron chi connectivity index (χ0n) is 17.0. The third kappa shape index (κ3) is 3.91. The number of fused-ring (bicyclic) bond motifs is 1. The summed E-state index contributed by atoms with van der Waals surface area (Å²) in [7, 11) is 0. The topological polar surface area (TPSA) is 91.0 Å². The highest BCUT2D eigenvalue weighted by molar-refractivity contribution is 7.98. The Kier molecular flexibility index (Phi) is 5.39. The molecule has 0 amide bonds. The van der Waals surface area contributed by atoms with Gasteiger partial charge in [0.2, 0.25) is 5.95 Å². The molecule has 9 nitrogen and oxygen atoms in total. The number of rotatable bonds is 5. The minimum Gasteiger partial charge on any atom is -0.378 e. The molecule has 0 radical (unpaired) electrons. The van der Waals surface area contributed by atoms with Gasteiger partial charge in [0.25, 0.3) is 5.56 Å². The molecular formula is C21H21N7O2S. The highest BCUT2D eigenvalue weighted by Crippen LogP contribution is 2.28. The predicted molar refractivity (Wildman–Crippen MR) is 119 cm³/mol. The first-order chi connectivity index (χ1) is 15.2. The van der Waals surface area contributed by atoms with Gasteiger partial charge in [-0.2, -0.15) is 4.68 Å². The summed E-state index contributed by atoms with van der Waals surface area (Å²) in [6, 6.07) is 15.4. The van der Waals surface area contributed by atoms with Crippen molar-refractivity contribution in [3.8, 4) is 5.69 Å². The molecule has 4 aromatic rings. The fourth-order valence-corrected chi connectivity index (χ4v) is 4.37. The van der Waals surface area contributed by atoms with Crippen LogP contribution in [-0.2, 0) is 10.6 Å². The van der Waals surface area contributed by atoms with Crippen molar-refractivity contribution >= 4 is 28.6 Å². The van der Waals surface area contributed by atoms with Gasteiger partial charge in [0.1, 0.15) is 5.52 Å². The lowest BCUT2D eigenvalue weighted by molar-refractivity contribution is 0.122. The Bertz CT molecular complexity index is 1280. The van der Waals surface area contributed by atoms with E-state index in [0.29, 0.717) is 29.3 Å². The largest absolute Gasteiger partial charge is 0.378 e. The molecule has 1 saturated heterocycles. The van der Waals surface area contributed by atoms with Crippen LogP contribution < -0.4 is 10.5 Å². The van der Waals surface area contributed by atoms with E-state index in [0.717, 1.165) is 30.3 Å². The van der Waals surface area contributed by atoms with Gasteiger partial charge in [-0.1, -0.05) is 41.2 Å². The molecule has 3 heterocycles. The number of thioether (sulfide) groups is 1. The first-order valence-corrected chi connectivity index (χ1v) is 11.0. The molecule has 158 valence electrons. The second kappa shape index (κ2) is 8.48. The van der Waals surface area contributed by atoms with E-state index in [1.807, 2.05) is 28.8 Å². The van der Waals surface area contributed by atoms with Crippen molar-refractivity contribution in [3.05, 3.63) is 64.4 Å². The molecule has 0 bridgehead atoms. The van der Waals surface area contributed by atoms with Gasteiger partial charge in [0.05, 0.1) is 30.2 Å². The van der Waals surface area contributed by atoms with Gasteiger partial charge in [-0.15, -0.1) is 15.3 Å². The molecule has 5 rings (SSSR count). The molecule has 1 aliphatic rings. The maximum absolute atomic E-state index is 12.8. The van der Waals surface area contributed by atoms with Gasteiger partial charge in [-0.3, -0.25) is 9.36 Å². The Hall–Kier alpha value is -3.24. The molecule has 0 atom stereocenters. The summed E-state index contributed by atoms with van der Waals surface area (Å²) in [5, 5.41) is 18.4. The molecule has 0 saturated carbocycles. The van der Waals surface area contributed by atoms with Crippen molar-refractivity contribution < 1.29 is 4.74 Å². The van der Waals surface area contributed by atoms with E-state index in [2.05, 4.69) is 44.5 Å². The van der Waals surface area contributed by atoms with Crippen LogP contribution in [0.5, 0.6) is 0 Å². The highest BCUT2D eigenvalue weighted by Gasteiger charge is 2.22. The van der Waals surface area contributed by atoms with Crippen molar-refractivity contribution in [2.45, 2.75) is 18.0 Å². The number of aromatic nitrogens is 6. The first-order valence-electron chi connectivity index (χ1n) is 10.0. The van der Waals surface area contributed by atoms with Crippen molar-refractivity contribution in [1.29, 1.82) is 0 Å². The lowest BCUT2D eigenvalue weighted by Gasteiger charge is -2.28. The van der Waals surface area contributed by atoms with E-state index in [-0.39, 0.29) is 11.4 Å². The first kappa shape index (κ1) is 19.7. The number of nitrogens with zero attached hydrogens (tertiary/aromatic N) is 7. The summed E-state index contributed by atoms with van der Waals surface area (Å²) in [6.07, 6.45) is 0. The Labute approximate surface area is 182 Å². The van der Waals surface area contributed by atoms with Crippen molar-refractivity contribution in [2.75, 3.05) is 31.2 Å². The van der Waals surface area contributed by atoms with Crippen LogP contribution in [0.25, 0.3) is 16.6 Å². The quantitative estimate of drug-likeness (QED) is 0.441. The second-order valence-corrected chi connectivity index (χ2v) is 8.15. The summed E-state index contributed by atoms with van der Waals surface area (Å²) >= 11 is 1.40. The van der Waals surface area contributed by atoms with Crippen LogP contribution in [0.15, 0.2) is 58.5 Å². The number of morpholine rings is 1. The zero-order valence-corrected chi connectivity index (χ0v) is 17.8. The van der Waals surface area contributed by atoms with Gasteiger partial charge < -0.3 is 9.64 Å². The van der Waals surface area contributed by atoms with E-state index in [1.54, 1.807) is 12.1 Å². The fourth-order valence-electron chi connectivity index (χ4n) is 3.54. The minimum atomic E-state index is -0.173. The SMILES string of the molecule is Cc1cccc(-n2c(SCn3nnc4ccccc4c3=O)nnc2N2CCOCC2)c1. The lowest BCUT2D eigenvalue weighted by Crippen LogP contribution is -2.37. The van der Waals surface area contributed by atoms with Crippen LogP contribution >= 0.6 is 11.8 Å². The van der Waals surface area contributed by atoms with Crippen molar-refractivity contribution in [1.82, 2.24) is 29.8 Å². The summed E-state index contributed by atoms with van der Waals surface area (Å²) in [6.45, 7) is 4.88. The van der Waals surface area contributed by atoms with Gasteiger partial charge in [-0.05, 0) is 36.8 Å². The molecule has 0 spiro atoms. The number of ether oxygens (including phenoxy) is 1. The molecule has 0 aliphatic carbocycles. The van der Waals surface area contributed by atoms with E-state index in [1.165, 1.54) is 16.4 Å². The van der Waals surface area contributed by atoms with Crippen LogP contribution in [0.3, 0.4) is 0 Å². The molecular weight excluding hydrogens is 414 g/mol. The van der Waals surface area contributed by atoms with Crippen LogP contribution in [0.2, 0.25) is 0 Å². The van der Waals surface area contributed by atoms with Crippen molar-refractivity contribution in [2.24, 2.45) is 0 Å². The average Bonchev–Trinajstić information content (AvgIpc) is 3.23. The summed E-state index contributed by atoms with van der Waals surface area (Å²) in [5.41, 5.74) is 2.54. The summed E-state index contributed by atoms with van der Waals surface area (Å²) < 4.78 is 8.88. The van der Waals surface area contributed by atoms with E-state index in [4.69, 9.17) is 4.74 Å². The Morgan fingerprint density at radius 3 is 2.71 bits per heavy atom. The molecule has 2 aromatic carbocycles. The predicted octanol–water partition coefficient (Wildman–Crippen LogP) is 2.27. The maximum atomic E-state index is 12.8. The van der Waals surface area contributed by atoms with Crippen LogP contribution in [0.4, 0.5) is 5.95 Å². The molecule has 0 unspecified atom stereocenters. The zero-order chi connectivity index (χ0) is 21.2. The van der Waals surface area contributed by atoms with Gasteiger partial charge in [0, 0.05) is 13.1 Å². The van der Waals surface area contributed by atoms with Crippen LogP contribution in [0.1, 0.15) is 5.56 Å². The van der Waals surface area contributed by atoms with E-state index in [9.17, 15) is 4.79 Å². The van der Waals surface area contributed by atoms with Gasteiger partial charge >= 0.3 is 0 Å². The molecule has 0 N–H and O–H groups in total. The molecule has 2 aromatic heterocycles. The number of anilines is 1. The third-order valence-corrected chi connectivity index (χ3v) is 6.01. The monoisotopic (exact) mass is 435 g/mol. The molecule has 10 heteroatoms. The highest BCUT2D eigenvalue weighted by atomic mass is 32.2. The Balaban J connectivity index is 1.50. The Morgan fingerprint density at radius 1 is 1.03 bits per heavy atom. The fraction of sp³-hybridized carbons (Fsp3) is 0.286. The normalized spacial score (nSPS) is 14.3. The number of hydrogen-bond acceptors (Lipinski definition) is 8. The lowest BCUT2D eigenvalue weighted by atomic mass is 10.2.